The van der Waals surface area contributed by atoms with Crippen LogP contribution in [0, 0.1) is 13.8 Å². The Hall–Kier alpha value is -2.25. The molecule has 0 aliphatic heterocycles. The summed E-state index contributed by atoms with van der Waals surface area (Å²) in [6.45, 7) is 7.35. The maximum absolute atomic E-state index is 13.3. The molecule has 2 aromatic rings. The summed E-state index contributed by atoms with van der Waals surface area (Å²) < 4.78 is 0. The molecule has 7 heteroatoms. The van der Waals surface area contributed by atoms with Gasteiger partial charge in [0.1, 0.15) is 0 Å². The highest BCUT2D eigenvalue weighted by atomic mass is 32.1. The van der Waals surface area contributed by atoms with E-state index in [1.807, 2.05) is 65.2 Å². The predicted molar refractivity (Wildman–Crippen MR) is 119 cm³/mol. The molecular weight excluding hydrogens is 384 g/mol. The molecule has 1 aromatic carbocycles. The third-order valence-electron chi connectivity index (χ3n) is 4.86. The topological polar surface area (TPSA) is 65.5 Å². The lowest BCUT2D eigenvalue weighted by Gasteiger charge is -2.27. The van der Waals surface area contributed by atoms with E-state index in [1.165, 1.54) is 11.3 Å². The van der Waals surface area contributed by atoms with Crippen molar-refractivity contribution in [2.45, 2.75) is 39.5 Å². The van der Waals surface area contributed by atoms with Crippen molar-refractivity contribution in [3.05, 3.63) is 46.5 Å². The monoisotopic (exact) mass is 416 g/mol. The van der Waals surface area contributed by atoms with Gasteiger partial charge in [0.15, 0.2) is 5.13 Å². The normalized spacial score (nSPS) is 12.1. The number of anilines is 1. The van der Waals surface area contributed by atoms with E-state index in [2.05, 4.69) is 15.2 Å². The average Bonchev–Trinajstić information content (AvgIpc) is 2.99. The van der Waals surface area contributed by atoms with Crippen LogP contribution in [0.1, 0.15) is 41.8 Å². The Kier molecular flexibility index (Phi) is 8.79. The zero-order valence-corrected chi connectivity index (χ0v) is 18.9. The Morgan fingerprint density at radius 2 is 1.83 bits per heavy atom. The molecule has 0 aliphatic rings. The minimum absolute atomic E-state index is 0.000828. The number of aromatic nitrogens is 1. The minimum atomic E-state index is -0.243. The number of carbonyl (C=O) groups excluding carboxylic acids is 2. The van der Waals surface area contributed by atoms with Crippen molar-refractivity contribution in [1.29, 1.82) is 0 Å². The first-order chi connectivity index (χ1) is 13.8. The molecule has 0 fully saturated rings. The third-order valence-corrected chi connectivity index (χ3v) is 5.85. The van der Waals surface area contributed by atoms with Gasteiger partial charge in [-0.2, -0.15) is 0 Å². The van der Waals surface area contributed by atoms with Gasteiger partial charge < -0.3 is 15.1 Å². The first-order valence-electron chi connectivity index (χ1n) is 10.0. The number of rotatable bonds is 10. The molecule has 0 bridgehead atoms. The highest BCUT2D eigenvalue weighted by Crippen LogP contribution is 2.23. The molecule has 2 rings (SSSR count). The van der Waals surface area contributed by atoms with Crippen LogP contribution in [-0.4, -0.2) is 60.3 Å². The van der Waals surface area contributed by atoms with Gasteiger partial charge in [-0.3, -0.25) is 9.59 Å². The number of hydrogen-bond acceptors (Lipinski definition) is 5. The molecule has 6 nitrogen and oxygen atoms in total. The first kappa shape index (κ1) is 23.0. The van der Waals surface area contributed by atoms with Crippen LogP contribution < -0.4 is 5.32 Å². The highest BCUT2D eigenvalue weighted by Gasteiger charge is 2.26. The third kappa shape index (κ3) is 6.94. The quantitative estimate of drug-likeness (QED) is 0.642. The molecule has 0 saturated heterocycles. The van der Waals surface area contributed by atoms with Gasteiger partial charge in [-0.15, -0.1) is 11.3 Å². The van der Waals surface area contributed by atoms with E-state index in [-0.39, 0.29) is 24.3 Å². The molecule has 0 spiro atoms. The first-order valence-corrected chi connectivity index (χ1v) is 10.9. The van der Waals surface area contributed by atoms with Crippen molar-refractivity contribution in [3.63, 3.8) is 0 Å². The van der Waals surface area contributed by atoms with Crippen LogP contribution in [0.4, 0.5) is 5.13 Å². The number of amides is 2. The van der Waals surface area contributed by atoms with E-state index < -0.39 is 0 Å². The standard InChI is InChI=1S/C22H32N4O2S/c1-6-19(18-11-8-7-9-12-18)21(28)26(14-10-13-25(4)5)15-20(27)24-22-23-16(2)17(3)29-22/h7-9,11-12,19H,6,10,13-15H2,1-5H3,(H,23,24,27). The van der Waals surface area contributed by atoms with E-state index in [0.29, 0.717) is 18.1 Å². The summed E-state index contributed by atoms with van der Waals surface area (Å²) in [7, 11) is 4.01. The Bertz CT molecular complexity index is 785. The zero-order chi connectivity index (χ0) is 21.4. The van der Waals surface area contributed by atoms with Gasteiger partial charge in [0.2, 0.25) is 11.8 Å². The fourth-order valence-corrected chi connectivity index (χ4v) is 3.99. The largest absolute Gasteiger partial charge is 0.333 e. The lowest BCUT2D eigenvalue weighted by Crippen LogP contribution is -2.41. The van der Waals surface area contributed by atoms with E-state index in [9.17, 15) is 9.59 Å². The van der Waals surface area contributed by atoms with Crippen LogP contribution >= 0.6 is 11.3 Å². The molecule has 0 aliphatic carbocycles. The summed E-state index contributed by atoms with van der Waals surface area (Å²) in [4.78, 5) is 35.2. The number of hydrogen-bond donors (Lipinski definition) is 1. The minimum Gasteiger partial charge on any atom is -0.333 e. The summed E-state index contributed by atoms with van der Waals surface area (Å²) in [6.07, 6.45) is 1.51. The molecule has 158 valence electrons. The maximum Gasteiger partial charge on any atom is 0.245 e. The summed E-state index contributed by atoms with van der Waals surface area (Å²) in [6, 6.07) is 9.79. The number of carbonyl (C=O) groups is 2. The van der Waals surface area contributed by atoms with Crippen LogP contribution in [0.15, 0.2) is 30.3 Å². The fraction of sp³-hybridized carbons (Fsp3) is 0.500. The number of nitrogens with one attached hydrogen (secondary N) is 1. The van der Waals surface area contributed by atoms with Crippen molar-refractivity contribution >= 4 is 28.3 Å². The van der Waals surface area contributed by atoms with Gasteiger partial charge in [0.25, 0.3) is 0 Å². The molecular formula is C22H32N4O2S. The highest BCUT2D eigenvalue weighted by molar-refractivity contribution is 7.15. The van der Waals surface area contributed by atoms with Gasteiger partial charge in [-0.05, 0) is 52.9 Å². The second-order valence-corrected chi connectivity index (χ2v) is 8.70. The predicted octanol–water partition coefficient (Wildman–Crippen LogP) is 3.67. The molecule has 2 amide bonds. The second-order valence-electron chi connectivity index (χ2n) is 7.50. The summed E-state index contributed by atoms with van der Waals surface area (Å²) in [5.74, 6) is -0.452. The van der Waals surface area contributed by atoms with E-state index in [4.69, 9.17) is 0 Å². The molecule has 1 N–H and O–H groups in total. The lowest BCUT2D eigenvalue weighted by atomic mass is 9.95. The van der Waals surface area contributed by atoms with Crippen LogP contribution in [0.3, 0.4) is 0 Å². The SMILES string of the molecule is CCC(C(=O)N(CCCN(C)C)CC(=O)Nc1nc(C)c(C)s1)c1ccccc1. The molecule has 0 saturated carbocycles. The van der Waals surface area contributed by atoms with E-state index >= 15 is 0 Å². The van der Waals surface area contributed by atoms with Crippen molar-refractivity contribution in [2.75, 3.05) is 39.0 Å². The molecule has 1 aromatic heterocycles. The molecule has 1 atom stereocenters. The Balaban J connectivity index is 2.11. The van der Waals surface area contributed by atoms with Crippen molar-refractivity contribution < 1.29 is 9.59 Å². The summed E-state index contributed by atoms with van der Waals surface area (Å²) in [5.41, 5.74) is 1.91. The Labute approximate surface area is 177 Å². The van der Waals surface area contributed by atoms with Crippen LogP contribution in [0.2, 0.25) is 0 Å². The number of benzene rings is 1. The average molecular weight is 417 g/mol. The number of nitrogens with zero attached hydrogens (tertiary/aromatic N) is 3. The van der Waals surface area contributed by atoms with E-state index in [1.54, 1.807) is 4.90 Å². The number of aryl methyl sites for hydroxylation is 2. The maximum atomic E-state index is 13.3. The van der Waals surface area contributed by atoms with Gasteiger partial charge >= 0.3 is 0 Å². The van der Waals surface area contributed by atoms with Gasteiger partial charge in [0, 0.05) is 11.4 Å². The summed E-state index contributed by atoms with van der Waals surface area (Å²) >= 11 is 1.45. The van der Waals surface area contributed by atoms with E-state index in [0.717, 1.165) is 29.1 Å². The lowest BCUT2D eigenvalue weighted by molar-refractivity contribution is -0.136. The second kappa shape index (κ2) is 11.1. The number of thiazole rings is 1. The Morgan fingerprint density at radius 1 is 1.14 bits per heavy atom. The molecule has 29 heavy (non-hydrogen) atoms. The smallest absolute Gasteiger partial charge is 0.245 e. The van der Waals surface area contributed by atoms with Crippen LogP contribution in [-0.2, 0) is 9.59 Å². The molecule has 0 radical (unpaired) electrons. The van der Waals surface area contributed by atoms with Gasteiger partial charge in [-0.1, -0.05) is 37.3 Å². The van der Waals surface area contributed by atoms with Crippen molar-refractivity contribution in [2.24, 2.45) is 0 Å². The van der Waals surface area contributed by atoms with Gasteiger partial charge in [-0.25, -0.2) is 4.98 Å². The summed E-state index contributed by atoms with van der Waals surface area (Å²) in [5, 5.41) is 3.43. The van der Waals surface area contributed by atoms with Crippen LogP contribution in [0.5, 0.6) is 0 Å². The fourth-order valence-electron chi connectivity index (χ4n) is 3.16. The van der Waals surface area contributed by atoms with Crippen molar-refractivity contribution in [1.82, 2.24) is 14.8 Å². The van der Waals surface area contributed by atoms with Crippen molar-refractivity contribution in [3.8, 4) is 0 Å². The van der Waals surface area contributed by atoms with Gasteiger partial charge in [0.05, 0.1) is 18.2 Å². The molecule has 1 unspecified atom stereocenters. The van der Waals surface area contributed by atoms with Crippen LogP contribution in [0.25, 0.3) is 0 Å². The Morgan fingerprint density at radius 3 is 2.38 bits per heavy atom. The molecule has 1 heterocycles. The zero-order valence-electron chi connectivity index (χ0n) is 18.1.